The van der Waals surface area contributed by atoms with Crippen LogP contribution >= 0.6 is 0 Å². The van der Waals surface area contributed by atoms with Crippen molar-refractivity contribution in [1.29, 1.82) is 0 Å². The lowest BCUT2D eigenvalue weighted by Gasteiger charge is -2.39. The molecule has 1 aliphatic rings. The van der Waals surface area contributed by atoms with Gasteiger partial charge in [-0.1, -0.05) is 74.7 Å². The van der Waals surface area contributed by atoms with E-state index in [4.69, 9.17) is 0 Å². The fourth-order valence-corrected chi connectivity index (χ4v) is 4.22. The normalized spacial score (nSPS) is 17.3. The standard InChI is InChI=1S/C26H33N/c1-6-9-22-18-27(23-16-12-20(5)13-17-23)25(8-3)26(24(22)7-2)21-14-10-19(4)11-15-21/h10-18,25H,6-9H2,1-5H3. The van der Waals surface area contributed by atoms with Crippen LogP contribution in [0.5, 0.6) is 0 Å². The van der Waals surface area contributed by atoms with Crippen LogP contribution in [0.2, 0.25) is 0 Å². The topological polar surface area (TPSA) is 3.24 Å². The maximum absolute atomic E-state index is 2.51. The third kappa shape index (κ3) is 4.03. The van der Waals surface area contributed by atoms with Gasteiger partial charge in [0.2, 0.25) is 0 Å². The first-order valence-corrected chi connectivity index (χ1v) is 10.4. The van der Waals surface area contributed by atoms with Crippen molar-refractivity contribution in [2.24, 2.45) is 0 Å². The van der Waals surface area contributed by atoms with E-state index in [-0.39, 0.29) is 0 Å². The Kier molecular flexibility index (Phi) is 6.21. The van der Waals surface area contributed by atoms with Gasteiger partial charge in [-0.2, -0.15) is 0 Å². The minimum absolute atomic E-state index is 0.381. The van der Waals surface area contributed by atoms with E-state index in [2.05, 4.69) is 94.2 Å². The molecule has 2 aromatic rings. The molecule has 0 saturated heterocycles. The summed E-state index contributed by atoms with van der Waals surface area (Å²) in [6, 6.07) is 18.5. The molecule has 0 N–H and O–H groups in total. The van der Waals surface area contributed by atoms with Crippen molar-refractivity contribution in [3.8, 4) is 0 Å². The molecule has 2 aromatic carbocycles. The summed E-state index contributed by atoms with van der Waals surface area (Å²) in [4.78, 5) is 2.51. The molecule has 0 aliphatic carbocycles. The molecule has 0 radical (unpaired) electrons. The second-order valence-electron chi connectivity index (χ2n) is 7.68. The van der Waals surface area contributed by atoms with E-state index in [1.165, 1.54) is 39.9 Å². The van der Waals surface area contributed by atoms with E-state index >= 15 is 0 Å². The van der Waals surface area contributed by atoms with Crippen molar-refractivity contribution < 1.29 is 0 Å². The van der Waals surface area contributed by atoms with Gasteiger partial charge in [-0.05, 0) is 67.5 Å². The zero-order valence-electron chi connectivity index (χ0n) is 17.5. The lowest BCUT2D eigenvalue weighted by Crippen LogP contribution is -2.35. The highest BCUT2D eigenvalue weighted by atomic mass is 15.2. The van der Waals surface area contributed by atoms with Crippen molar-refractivity contribution in [2.75, 3.05) is 4.90 Å². The van der Waals surface area contributed by atoms with E-state index < -0.39 is 0 Å². The number of rotatable bonds is 6. The minimum atomic E-state index is 0.381. The second kappa shape index (κ2) is 8.61. The summed E-state index contributed by atoms with van der Waals surface area (Å²) in [6.45, 7) is 11.2. The van der Waals surface area contributed by atoms with E-state index in [0.29, 0.717) is 6.04 Å². The summed E-state index contributed by atoms with van der Waals surface area (Å²) in [6.07, 6.45) is 6.93. The Bertz CT molecular complexity index is 822. The van der Waals surface area contributed by atoms with Crippen LogP contribution in [0.4, 0.5) is 5.69 Å². The maximum atomic E-state index is 2.51. The Labute approximate surface area is 165 Å². The van der Waals surface area contributed by atoms with Crippen molar-refractivity contribution in [2.45, 2.75) is 66.3 Å². The molecule has 1 unspecified atom stereocenters. The molecule has 0 fully saturated rings. The molecule has 27 heavy (non-hydrogen) atoms. The van der Waals surface area contributed by atoms with Gasteiger partial charge in [-0.15, -0.1) is 0 Å². The van der Waals surface area contributed by atoms with E-state index in [0.717, 1.165) is 19.3 Å². The van der Waals surface area contributed by atoms with E-state index in [9.17, 15) is 0 Å². The predicted molar refractivity (Wildman–Crippen MR) is 119 cm³/mol. The van der Waals surface area contributed by atoms with Crippen molar-refractivity contribution in [3.05, 3.63) is 82.6 Å². The van der Waals surface area contributed by atoms with Crippen LogP contribution < -0.4 is 4.90 Å². The van der Waals surface area contributed by atoms with E-state index in [1.54, 1.807) is 5.57 Å². The highest BCUT2D eigenvalue weighted by Gasteiger charge is 2.29. The molecule has 142 valence electrons. The first kappa shape index (κ1) is 19.5. The summed E-state index contributed by atoms with van der Waals surface area (Å²) < 4.78 is 0. The molecule has 0 amide bonds. The van der Waals surface area contributed by atoms with Crippen LogP contribution in [0, 0.1) is 13.8 Å². The molecule has 0 spiro atoms. The average molecular weight is 360 g/mol. The number of hydrogen-bond acceptors (Lipinski definition) is 1. The summed E-state index contributed by atoms with van der Waals surface area (Å²) in [5, 5.41) is 0. The Morgan fingerprint density at radius 3 is 1.93 bits per heavy atom. The Morgan fingerprint density at radius 1 is 0.815 bits per heavy atom. The zero-order valence-corrected chi connectivity index (χ0v) is 17.5. The van der Waals surface area contributed by atoms with Crippen LogP contribution in [0.15, 0.2) is 65.9 Å². The van der Waals surface area contributed by atoms with Gasteiger partial charge in [-0.3, -0.25) is 0 Å². The number of allylic oxidation sites excluding steroid dienone is 2. The fraction of sp³-hybridized carbons (Fsp3) is 0.385. The van der Waals surface area contributed by atoms with Gasteiger partial charge in [0.1, 0.15) is 0 Å². The molecule has 3 rings (SSSR count). The third-order valence-electron chi connectivity index (χ3n) is 5.63. The van der Waals surface area contributed by atoms with Crippen LogP contribution in [-0.4, -0.2) is 6.04 Å². The first-order chi connectivity index (χ1) is 13.1. The molecule has 1 nitrogen and oxygen atoms in total. The van der Waals surface area contributed by atoms with Crippen LogP contribution in [0.3, 0.4) is 0 Å². The fourth-order valence-electron chi connectivity index (χ4n) is 4.22. The van der Waals surface area contributed by atoms with Gasteiger partial charge in [0.05, 0.1) is 6.04 Å². The monoisotopic (exact) mass is 359 g/mol. The van der Waals surface area contributed by atoms with Crippen molar-refractivity contribution in [1.82, 2.24) is 0 Å². The number of aryl methyl sites for hydroxylation is 2. The molecule has 1 heteroatoms. The lowest BCUT2D eigenvalue weighted by atomic mass is 9.82. The largest absolute Gasteiger partial charge is 0.340 e. The van der Waals surface area contributed by atoms with Crippen LogP contribution in [-0.2, 0) is 0 Å². The van der Waals surface area contributed by atoms with Gasteiger partial charge in [-0.25, -0.2) is 0 Å². The maximum Gasteiger partial charge on any atom is 0.0591 e. The minimum Gasteiger partial charge on any atom is -0.340 e. The van der Waals surface area contributed by atoms with Crippen LogP contribution in [0.25, 0.3) is 5.57 Å². The zero-order chi connectivity index (χ0) is 19.4. The number of anilines is 1. The summed E-state index contributed by atoms with van der Waals surface area (Å²) in [5.74, 6) is 0. The van der Waals surface area contributed by atoms with Gasteiger partial charge in [0, 0.05) is 11.9 Å². The molecular formula is C26H33N. The third-order valence-corrected chi connectivity index (χ3v) is 5.63. The van der Waals surface area contributed by atoms with Gasteiger partial charge in [0.15, 0.2) is 0 Å². The molecule has 0 aromatic heterocycles. The Balaban J connectivity index is 2.16. The molecule has 1 heterocycles. The molecule has 0 bridgehead atoms. The first-order valence-electron chi connectivity index (χ1n) is 10.4. The molecule has 1 aliphatic heterocycles. The van der Waals surface area contributed by atoms with Crippen molar-refractivity contribution in [3.63, 3.8) is 0 Å². The van der Waals surface area contributed by atoms with Gasteiger partial charge in [0.25, 0.3) is 0 Å². The van der Waals surface area contributed by atoms with E-state index in [1.807, 2.05) is 0 Å². The highest BCUT2D eigenvalue weighted by molar-refractivity contribution is 5.82. The lowest BCUT2D eigenvalue weighted by molar-refractivity contribution is 0.728. The average Bonchev–Trinajstić information content (AvgIpc) is 2.68. The Hall–Kier alpha value is -2.28. The number of hydrogen-bond donors (Lipinski definition) is 0. The quantitative estimate of drug-likeness (QED) is 0.517. The predicted octanol–water partition coefficient (Wildman–Crippen LogP) is 7.45. The SMILES string of the molecule is CCCC1=CN(c2ccc(C)cc2)C(CC)C(c2ccc(C)cc2)=C1CC. The molecule has 1 atom stereocenters. The molecular weight excluding hydrogens is 326 g/mol. The number of nitrogens with zero attached hydrogens (tertiary/aromatic N) is 1. The summed E-state index contributed by atoms with van der Waals surface area (Å²) in [5.41, 5.74) is 9.87. The second-order valence-corrected chi connectivity index (χ2v) is 7.68. The smallest absolute Gasteiger partial charge is 0.0591 e. The summed E-state index contributed by atoms with van der Waals surface area (Å²) in [7, 11) is 0. The Morgan fingerprint density at radius 2 is 1.41 bits per heavy atom. The van der Waals surface area contributed by atoms with Crippen molar-refractivity contribution >= 4 is 11.3 Å². The summed E-state index contributed by atoms with van der Waals surface area (Å²) >= 11 is 0. The van der Waals surface area contributed by atoms with Gasteiger partial charge < -0.3 is 4.90 Å². The molecule has 0 saturated carbocycles. The van der Waals surface area contributed by atoms with Crippen LogP contribution in [0.1, 0.15) is 63.1 Å². The van der Waals surface area contributed by atoms with Gasteiger partial charge >= 0.3 is 0 Å². The highest BCUT2D eigenvalue weighted by Crippen LogP contribution is 2.40. The number of benzene rings is 2.